The van der Waals surface area contributed by atoms with Crippen LogP contribution in [0, 0.1) is 6.92 Å². The van der Waals surface area contributed by atoms with E-state index in [2.05, 4.69) is 20.0 Å². The van der Waals surface area contributed by atoms with Crippen LogP contribution in [0.5, 0.6) is 0 Å². The molecule has 162 valence electrons. The highest BCUT2D eigenvalue weighted by atomic mass is 19.4. The van der Waals surface area contributed by atoms with Crippen molar-refractivity contribution >= 4 is 28.4 Å². The number of fused-ring (bicyclic) bond motifs is 1. The molecule has 1 amide bonds. The zero-order chi connectivity index (χ0) is 22.6. The molecule has 2 aromatic heterocycles. The van der Waals surface area contributed by atoms with Crippen molar-refractivity contribution < 1.29 is 31.9 Å². The van der Waals surface area contributed by atoms with E-state index < -0.39 is 24.7 Å². The van der Waals surface area contributed by atoms with Crippen LogP contribution in [-0.2, 0) is 16.1 Å². The van der Waals surface area contributed by atoms with Crippen LogP contribution < -0.4 is 11.1 Å². The molecule has 0 bridgehead atoms. The SMILES string of the molecule is Cc1ccc2cc(CNC(=O)/C(=C/N)c3ncccn3)oc2c1C(=O)OCC(F)(F)F. The Morgan fingerprint density at radius 3 is 2.61 bits per heavy atom. The minimum Gasteiger partial charge on any atom is -0.458 e. The molecule has 0 unspecified atom stereocenters. The molecule has 0 spiro atoms. The summed E-state index contributed by atoms with van der Waals surface area (Å²) in [7, 11) is 0. The number of hydrogen-bond acceptors (Lipinski definition) is 7. The average Bonchev–Trinajstić information content (AvgIpc) is 3.14. The molecule has 3 aromatic rings. The lowest BCUT2D eigenvalue weighted by molar-refractivity contribution is -0.161. The highest BCUT2D eigenvalue weighted by Crippen LogP contribution is 2.27. The smallest absolute Gasteiger partial charge is 0.422 e. The van der Waals surface area contributed by atoms with Crippen molar-refractivity contribution in [2.24, 2.45) is 5.73 Å². The van der Waals surface area contributed by atoms with Crippen LogP contribution in [0.1, 0.15) is 27.5 Å². The van der Waals surface area contributed by atoms with Crippen LogP contribution in [0.3, 0.4) is 0 Å². The first kappa shape index (κ1) is 21.8. The van der Waals surface area contributed by atoms with E-state index in [0.717, 1.165) is 6.20 Å². The van der Waals surface area contributed by atoms with Crippen LogP contribution in [0.15, 0.2) is 47.3 Å². The van der Waals surface area contributed by atoms with E-state index in [-0.39, 0.29) is 34.8 Å². The van der Waals surface area contributed by atoms with Gasteiger partial charge in [0.2, 0.25) is 0 Å². The van der Waals surface area contributed by atoms with E-state index in [1.54, 1.807) is 31.2 Å². The number of nitrogens with zero attached hydrogens (tertiary/aromatic N) is 2. The van der Waals surface area contributed by atoms with E-state index in [0.29, 0.717) is 10.9 Å². The summed E-state index contributed by atoms with van der Waals surface area (Å²) in [4.78, 5) is 32.5. The highest BCUT2D eigenvalue weighted by Gasteiger charge is 2.31. The van der Waals surface area contributed by atoms with E-state index in [1.807, 2.05) is 0 Å². The molecular weight excluding hydrogens is 417 g/mol. The predicted molar refractivity (Wildman–Crippen MR) is 103 cm³/mol. The molecule has 3 rings (SSSR count). The van der Waals surface area contributed by atoms with Gasteiger partial charge in [-0.05, 0) is 24.6 Å². The number of ether oxygens (including phenoxy) is 1. The van der Waals surface area contributed by atoms with Crippen molar-refractivity contribution in [3.05, 3.63) is 65.6 Å². The Labute approximate surface area is 173 Å². The quantitative estimate of drug-likeness (QED) is 0.452. The third kappa shape index (κ3) is 5.18. The summed E-state index contributed by atoms with van der Waals surface area (Å²) in [6.45, 7) is -0.236. The van der Waals surface area contributed by atoms with Gasteiger partial charge in [0.05, 0.1) is 12.1 Å². The molecule has 0 fully saturated rings. The van der Waals surface area contributed by atoms with Gasteiger partial charge in [0.25, 0.3) is 5.91 Å². The number of carbonyl (C=O) groups excluding carboxylic acids is 2. The molecule has 11 heteroatoms. The number of hydrogen-bond donors (Lipinski definition) is 2. The van der Waals surface area contributed by atoms with Crippen molar-refractivity contribution in [3.63, 3.8) is 0 Å². The first-order valence-electron chi connectivity index (χ1n) is 8.93. The van der Waals surface area contributed by atoms with Crippen LogP contribution >= 0.6 is 0 Å². The monoisotopic (exact) mass is 434 g/mol. The molecule has 0 radical (unpaired) electrons. The Balaban J connectivity index is 1.78. The Bertz CT molecular complexity index is 1140. The van der Waals surface area contributed by atoms with Gasteiger partial charge in [-0.3, -0.25) is 4.79 Å². The molecule has 2 heterocycles. The van der Waals surface area contributed by atoms with E-state index in [4.69, 9.17) is 10.2 Å². The number of esters is 1. The van der Waals surface area contributed by atoms with Crippen molar-refractivity contribution in [2.45, 2.75) is 19.6 Å². The highest BCUT2D eigenvalue weighted by molar-refractivity contribution is 6.18. The van der Waals surface area contributed by atoms with Crippen LogP contribution in [0.2, 0.25) is 0 Å². The molecule has 31 heavy (non-hydrogen) atoms. The number of rotatable bonds is 6. The van der Waals surface area contributed by atoms with Crippen molar-refractivity contribution in [1.82, 2.24) is 15.3 Å². The molecule has 0 aliphatic heterocycles. The number of alkyl halides is 3. The Kier molecular flexibility index (Phi) is 6.23. The summed E-state index contributed by atoms with van der Waals surface area (Å²) in [5.41, 5.74) is 5.90. The lowest BCUT2D eigenvalue weighted by atomic mass is 10.1. The van der Waals surface area contributed by atoms with Gasteiger partial charge in [-0.2, -0.15) is 13.2 Å². The maximum absolute atomic E-state index is 12.4. The maximum atomic E-state index is 12.4. The molecule has 0 saturated carbocycles. The summed E-state index contributed by atoms with van der Waals surface area (Å²) in [5.74, 6) is -1.31. The third-order valence-electron chi connectivity index (χ3n) is 4.16. The molecular formula is C20H17F3N4O4. The van der Waals surface area contributed by atoms with Crippen LogP contribution in [-0.4, -0.2) is 34.6 Å². The normalized spacial score (nSPS) is 12.1. The molecule has 0 aliphatic carbocycles. The van der Waals surface area contributed by atoms with E-state index in [9.17, 15) is 22.8 Å². The van der Waals surface area contributed by atoms with Crippen molar-refractivity contribution in [3.8, 4) is 0 Å². The van der Waals surface area contributed by atoms with Crippen LogP contribution in [0.25, 0.3) is 16.5 Å². The zero-order valence-corrected chi connectivity index (χ0v) is 16.2. The topological polar surface area (TPSA) is 120 Å². The number of nitrogens with one attached hydrogen (secondary N) is 1. The minimum atomic E-state index is -4.65. The maximum Gasteiger partial charge on any atom is 0.422 e. The number of carbonyl (C=O) groups is 2. The second-order valence-electron chi connectivity index (χ2n) is 6.42. The Morgan fingerprint density at radius 2 is 1.97 bits per heavy atom. The first-order valence-corrected chi connectivity index (χ1v) is 8.93. The number of amides is 1. The predicted octanol–water partition coefficient (Wildman–Crippen LogP) is 2.87. The van der Waals surface area contributed by atoms with Crippen LogP contribution in [0.4, 0.5) is 13.2 Å². The first-order chi connectivity index (χ1) is 14.7. The average molecular weight is 434 g/mol. The Hall–Kier alpha value is -3.89. The molecule has 0 atom stereocenters. The second-order valence-corrected chi connectivity index (χ2v) is 6.42. The van der Waals surface area contributed by atoms with Gasteiger partial charge in [0.1, 0.15) is 16.9 Å². The van der Waals surface area contributed by atoms with Crippen molar-refractivity contribution in [2.75, 3.05) is 6.61 Å². The molecule has 3 N–H and O–H groups in total. The van der Waals surface area contributed by atoms with E-state index >= 15 is 0 Å². The summed E-state index contributed by atoms with van der Waals surface area (Å²) >= 11 is 0. The summed E-state index contributed by atoms with van der Waals surface area (Å²) in [6, 6.07) is 6.35. The number of benzene rings is 1. The van der Waals surface area contributed by atoms with E-state index in [1.165, 1.54) is 12.4 Å². The number of aryl methyl sites for hydroxylation is 1. The molecule has 8 nitrogen and oxygen atoms in total. The summed E-state index contributed by atoms with van der Waals surface area (Å²) in [6.07, 6.45) is -0.658. The van der Waals surface area contributed by atoms with Gasteiger partial charge in [-0.1, -0.05) is 12.1 Å². The summed E-state index contributed by atoms with van der Waals surface area (Å²) in [5, 5.41) is 3.06. The molecule has 0 aliphatic rings. The fraction of sp³-hybridized carbons (Fsp3) is 0.200. The number of halogens is 3. The largest absolute Gasteiger partial charge is 0.458 e. The number of aromatic nitrogens is 2. The van der Waals surface area contributed by atoms with Gasteiger partial charge < -0.3 is 20.2 Å². The van der Waals surface area contributed by atoms with Gasteiger partial charge in [0.15, 0.2) is 12.4 Å². The Morgan fingerprint density at radius 1 is 1.26 bits per heavy atom. The number of furan rings is 1. The van der Waals surface area contributed by atoms with Gasteiger partial charge in [-0.25, -0.2) is 14.8 Å². The fourth-order valence-corrected chi connectivity index (χ4v) is 2.77. The number of nitrogens with two attached hydrogens (primary N) is 1. The van der Waals surface area contributed by atoms with Gasteiger partial charge in [-0.15, -0.1) is 0 Å². The zero-order valence-electron chi connectivity index (χ0n) is 16.2. The third-order valence-corrected chi connectivity index (χ3v) is 4.16. The second kappa shape index (κ2) is 8.86. The van der Waals surface area contributed by atoms with Gasteiger partial charge in [0, 0.05) is 24.0 Å². The fourth-order valence-electron chi connectivity index (χ4n) is 2.77. The molecule has 0 saturated heterocycles. The minimum absolute atomic E-state index is 0.0453. The molecule has 1 aromatic carbocycles. The van der Waals surface area contributed by atoms with Crippen molar-refractivity contribution in [1.29, 1.82) is 0 Å². The summed E-state index contributed by atoms with van der Waals surface area (Å²) < 4.78 is 47.1. The lowest BCUT2D eigenvalue weighted by Crippen LogP contribution is -2.25. The lowest BCUT2D eigenvalue weighted by Gasteiger charge is -2.09. The standard InChI is InChI=1S/C20H17F3N4O4/c1-11-3-4-12-7-13(31-16(12)15(11)19(29)30-10-20(21,22)23)9-27-18(28)14(8-24)17-25-5-2-6-26-17/h2-8H,9-10,24H2,1H3,(H,27,28)/b14-8+. The van der Waals surface area contributed by atoms with Gasteiger partial charge >= 0.3 is 12.1 Å².